The summed E-state index contributed by atoms with van der Waals surface area (Å²) in [6.07, 6.45) is 33.3. The number of hydrogen-bond acceptors (Lipinski definition) is 3. The summed E-state index contributed by atoms with van der Waals surface area (Å²) in [6, 6.07) is 3.52. The number of nitriles is 1. The monoisotopic (exact) mass is 495 g/mol. The van der Waals surface area contributed by atoms with Crippen molar-refractivity contribution in [2.24, 2.45) is 35.0 Å². The molecule has 6 rings (SSSR count). The summed E-state index contributed by atoms with van der Waals surface area (Å²) in [4.78, 5) is 5.07. The first-order valence-electron chi connectivity index (χ1n) is 15.0. The van der Waals surface area contributed by atoms with Gasteiger partial charge in [0.1, 0.15) is 11.8 Å². The second-order valence-electron chi connectivity index (χ2n) is 13.1. The van der Waals surface area contributed by atoms with Gasteiger partial charge in [0.15, 0.2) is 0 Å². The molecule has 0 N–H and O–H groups in total. The third-order valence-electron chi connectivity index (χ3n) is 10.9. The van der Waals surface area contributed by atoms with E-state index in [1.807, 2.05) is 0 Å². The third-order valence-corrected chi connectivity index (χ3v) is 10.9. The van der Waals surface area contributed by atoms with Gasteiger partial charge in [-0.25, -0.2) is 0 Å². The van der Waals surface area contributed by atoms with Crippen LogP contribution in [0.25, 0.3) is 0 Å². The summed E-state index contributed by atoms with van der Waals surface area (Å²) >= 11 is 0. The van der Waals surface area contributed by atoms with E-state index < -0.39 is 0 Å². The van der Waals surface area contributed by atoms with E-state index in [1.54, 1.807) is 11.3 Å². The SMILES string of the molecule is CN1CCC(C2CCC([C@@H]3C=CC=CC3N3C4=C(C=CCC4)C(C)(C)C4C=CCCC43)CC2)C=C1C#N. The molecule has 0 aromatic rings. The van der Waals surface area contributed by atoms with Crippen LogP contribution in [0.15, 0.2) is 71.7 Å². The average molecular weight is 496 g/mol. The maximum atomic E-state index is 9.55. The zero-order valence-electron chi connectivity index (χ0n) is 23.2. The quantitative estimate of drug-likeness (QED) is 0.379. The Balaban J connectivity index is 1.24. The van der Waals surface area contributed by atoms with E-state index in [-0.39, 0.29) is 5.41 Å². The van der Waals surface area contributed by atoms with E-state index in [4.69, 9.17) is 0 Å². The van der Waals surface area contributed by atoms with Crippen molar-refractivity contribution < 1.29 is 0 Å². The van der Waals surface area contributed by atoms with Crippen LogP contribution in [0.1, 0.15) is 71.6 Å². The molecular formula is C34H45N3. The molecule has 0 aromatic carbocycles. The molecule has 0 radical (unpaired) electrons. The minimum absolute atomic E-state index is 0.204. The van der Waals surface area contributed by atoms with Crippen LogP contribution in [-0.2, 0) is 0 Å². The summed E-state index contributed by atoms with van der Waals surface area (Å²) in [5.74, 6) is 3.27. The Labute approximate surface area is 225 Å². The third kappa shape index (κ3) is 4.35. The van der Waals surface area contributed by atoms with Gasteiger partial charge in [-0.2, -0.15) is 5.26 Å². The molecule has 0 amide bonds. The Morgan fingerprint density at radius 2 is 1.70 bits per heavy atom. The molecule has 4 unspecified atom stereocenters. The Hall–Kier alpha value is -2.47. The van der Waals surface area contributed by atoms with Crippen molar-refractivity contribution in [2.45, 2.75) is 83.7 Å². The Bertz CT molecular complexity index is 1100. The Morgan fingerprint density at radius 1 is 0.919 bits per heavy atom. The van der Waals surface area contributed by atoms with Crippen LogP contribution in [0.3, 0.4) is 0 Å². The van der Waals surface area contributed by atoms with E-state index in [9.17, 15) is 5.26 Å². The Morgan fingerprint density at radius 3 is 2.51 bits per heavy atom. The molecule has 0 saturated heterocycles. The van der Waals surface area contributed by atoms with Gasteiger partial charge in [0.05, 0.1) is 6.04 Å². The van der Waals surface area contributed by atoms with Crippen molar-refractivity contribution in [3.63, 3.8) is 0 Å². The number of hydrogen-bond donors (Lipinski definition) is 0. The van der Waals surface area contributed by atoms with Crippen LogP contribution < -0.4 is 0 Å². The topological polar surface area (TPSA) is 30.3 Å². The largest absolute Gasteiger partial charge is 0.366 e. The highest BCUT2D eigenvalue weighted by atomic mass is 15.2. The fourth-order valence-electron chi connectivity index (χ4n) is 8.79. The van der Waals surface area contributed by atoms with Crippen molar-refractivity contribution >= 4 is 0 Å². The summed E-state index contributed by atoms with van der Waals surface area (Å²) < 4.78 is 0. The molecule has 2 aliphatic heterocycles. The van der Waals surface area contributed by atoms with Crippen molar-refractivity contribution in [1.82, 2.24) is 9.80 Å². The number of nitrogens with zero attached hydrogens (tertiary/aromatic N) is 3. The second-order valence-corrected chi connectivity index (χ2v) is 13.1. The summed E-state index contributed by atoms with van der Waals surface area (Å²) in [6.45, 7) is 6.01. The lowest BCUT2D eigenvalue weighted by atomic mass is 9.61. The van der Waals surface area contributed by atoms with Gasteiger partial charge >= 0.3 is 0 Å². The van der Waals surface area contributed by atoms with Crippen molar-refractivity contribution in [3.8, 4) is 6.07 Å². The first kappa shape index (κ1) is 24.8. The maximum absolute atomic E-state index is 9.55. The normalized spacial score (nSPS) is 38.6. The van der Waals surface area contributed by atoms with Crippen LogP contribution in [0, 0.1) is 46.3 Å². The van der Waals surface area contributed by atoms with Crippen molar-refractivity contribution in [3.05, 3.63) is 71.7 Å². The van der Waals surface area contributed by atoms with Gasteiger partial charge in [-0.3, -0.25) is 0 Å². The molecule has 0 aromatic heterocycles. The zero-order valence-corrected chi connectivity index (χ0v) is 23.2. The molecule has 3 nitrogen and oxygen atoms in total. The fraction of sp³-hybridized carbons (Fsp3) is 0.618. The van der Waals surface area contributed by atoms with Crippen molar-refractivity contribution in [2.75, 3.05) is 13.6 Å². The summed E-state index contributed by atoms with van der Waals surface area (Å²) in [7, 11) is 2.06. The lowest BCUT2D eigenvalue weighted by molar-refractivity contribution is 0.0450. The first-order valence-corrected chi connectivity index (χ1v) is 15.0. The number of rotatable bonds is 3. The van der Waals surface area contributed by atoms with Crippen LogP contribution in [0.5, 0.6) is 0 Å². The lowest BCUT2D eigenvalue weighted by Crippen LogP contribution is -2.57. The highest BCUT2D eigenvalue weighted by molar-refractivity contribution is 5.41. The molecule has 6 aliphatic rings. The van der Waals surface area contributed by atoms with Gasteiger partial charge in [0, 0.05) is 37.2 Å². The van der Waals surface area contributed by atoms with Gasteiger partial charge in [0.25, 0.3) is 0 Å². The van der Waals surface area contributed by atoms with Gasteiger partial charge in [-0.15, -0.1) is 0 Å². The molecule has 5 atom stereocenters. The van der Waals surface area contributed by atoms with Crippen LogP contribution in [-0.4, -0.2) is 35.5 Å². The molecule has 0 bridgehead atoms. The minimum Gasteiger partial charge on any atom is -0.366 e. The molecule has 4 aliphatic carbocycles. The van der Waals surface area contributed by atoms with E-state index in [1.165, 1.54) is 57.8 Å². The molecule has 1 saturated carbocycles. The average Bonchev–Trinajstić information content (AvgIpc) is 2.94. The Kier molecular flexibility index (Phi) is 6.72. The van der Waals surface area contributed by atoms with Crippen LogP contribution >= 0.6 is 0 Å². The second kappa shape index (κ2) is 10.0. The van der Waals surface area contributed by atoms with E-state index in [0.29, 0.717) is 29.8 Å². The predicted octanol–water partition coefficient (Wildman–Crippen LogP) is 7.54. The zero-order chi connectivity index (χ0) is 25.6. The highest BCUT2D eigenvalue weighted by Gasteiger charge is 2.49. The minimum atomic E-state index is 0.204. The molecule has 1 fully saturated rings. The maximum Gasteiger partial charge on any atom is 0.117 e. The van der Waals surface area contributed by atoms with Gasteiger partial charge < -0.3 is 9.80 Å². The molecule has 3 heteroatoms. The van der Waals surface area contributed by atoms with E-state index in [2.05, 4.69) is 91.4 Å². The van der Waals surface area contributed by atoms with Crippen molar-refractivity contribution in [1.29, 1.82) is 5.26 Å². The van der Waals surface area contributed by atoms with Gasteiger partial charge in [0.2, 0.25) is 0 Å². The smallest absolute Gasteiger partial charge is 0.117 e. The number of fused-ring (bicyclic) bond motifs is 1. The fourth-order valence-corrected chi connectivity index (χ4v) is 8.79. The molecule has 37 heavy (non-hydrogen) atoms. The van der Waals surface area contributed by atoms with Gasteiger partial charge in [-0.05, 0) is 92.6 Å². The van der Waals surface area contributed by atoms with Gasteiger partial charge in [-0.1, -0.05) is 62.5 Å². The molecule has 196 valence electrons. The van der Waals surface area contributed by atoms with E-state index in [0.717, 1.165) is 24.1 Å². The molecular weight excluding hydrogens is 450 g/mol. The first-order chi connectivity index (χ1) is 18.0. The molecule has 2 heterocycles. The molecule has 0 spiro atoms. The highest BCUT2D eigenvalue weighted by Crippen LogP contribution is 2.53. The number of allylic oxidation sites excluding steroid dienone is 9. The summed E-state index contributed by atoms with van der Waals surface area (Å²) in [5.41, 5.74) is 4.33. The van der Waals surface area contributed by atoms with Crippen LogP contribution in [0.2, 0.25) is 0 Å². The summed E-state index contributed by atoms with van der Waals surface area (Å²) in [5, 5.41) is 9.55. The van der Waals surface area contributed by atoms with E-state index >= 15 is 0 Å². The predicted molar refractivity (Wildman–Crippen MR) is 152 cm³/mol. The standard InChI is InChI=1S/C34H45N3/c1-34(2)29-11-5-8-14-32(29)37(33-15-9-6-12-30(33)34)31-13-7-4-10-28(31)25-18-16-24(17-19-25)26-20-21-36(3)27(22-26)23-35/h4-7,10-13,22,24-26,28-29,31-32H,8-9,14-21H2,1-3H3/t24?,25?,26?,28-,29?,31?,32?/m0/s1. The lowest BCUT2D eigenvalue weighted by Gasteiger charge is -2.57. The van der Waals surface area contributed by atoms with Crippen LogP contribution in [0.4, 0.5) is 0 Å².